The Morgan fingerprint density at radius 2 is 1.95 bits per heavy atom. The first-order valence-electron chi connectivity index (χ1n) is 7.56. The van der Waals surface area contributed by atoms with Crippen molar-refractivity contribution in [1.82, 2.24) is 9.80 Å². The molecular formula is C14H24N2O3. The van der Waals surface area contributed by atoms with Crippen molar-refractivity contribution < 1.29 is 14.6 Å². The van der Waals surface area contributed by atoms with Crippen LogP contribution in [0, 0.1) is 0 Å². The summed E-state index contributed by atoms with van der Waals surface area (Å²) in [6.07, 6.45) is 5.37. The highest BCUT2D eigenvalue weighted by Gasteiger charge is 2.38. The Morgan fingerprint density at radius 3 is 2.63 bits per heavy atom. The van der Waals surface area contributed by atoms with Crippen molar-refractivity contribution in [3.63, 3.8) is 0 Å². The van der Waals surface area contributed by atoms with E-state index in [1.165, 1.54) is 25.7 Å². The van der Waals surface area contributed by atoms with Gasteiger partial charge in [-0.2, -0.15) is 0 Å². The van der Waals surface area contributed by atoms with Gasteiger partial charge in [0, 0.05) is 25.7 Å². The smallest absolute Gasteiger partial charge is 0.242 e. The average Bonchev–Trinajstić information content (AvgIpc) is 3.09. The van der Waals surface area contributed by atoms with Crippen LogP contribution in [0.2, 0.25) is 0 Å². The van der Waals surface area contributed by atoms with Crippen LogP contribution in [0.4, 0.5) is 0 Å². The lowest BCUT2D eigenvalue weighted by molar-refractivity contribution is -0.144. The Morgan fingerprint density at radius 1 is 1.16 bits per heavy atom. The number of aliphatic hydroxyl groups is 1. The molecule has 3 fully saturated rings. The SMILES string of the molecule is O=C([C@H]1COCCN1C1CCCC1)N1CC[C@H](O)C1. The van der Waals surface area contributed by atoms with Crippen LogP contribution in [0.15, 0.2) is 0 Å². The number of aliphatic hydroxyl groups excluding tert-OH is 1. The van der Waals surface area contributed by atoms with Crippen LogP contribution in [0.25, 0.3) is 0 Å². The third-order valence-electron chi connectivity index (χ3n) is 4.72. The molecule has 108 valence electrons. The van der Waals surface area contributed by atoms with Gasteiger partial charge in [-0.15, -0.1) is 0 Å². The molecule has 1 amide bonds. The molecule has 19 heavy (non-hydrogen) atoms. The fourth-order valence-electron chi connectivity index (χ4n) is 3.66. The molecule has 0 spiro atoms. The number of likely N-dealkylation sites (tertiary alicyclic amines) is 1. The molecule has 2 heterocycles. The summed E-state index contributed by atoms with van der Waals surface area (Å²) in [5, 5.41) is 9.59. The highest BCUT2D eigenvalue weighted by atomic mass is 16.5. The van der Waals surface area contributed by atoms with E-state index in [0.717, 1.165) is 13.2 Å². The molecule has 3 rings (SSSR count). The monoisotopic (exact) mass is 268 g/mol. The standard InChI is InChI=1S/C14H24N2O3/c17-12-5-6-15(9-12)14(18)13-10-19-8-7-16(13)11-3-1-2-4-11/h11-13,17H,1-10H2/t12-,13+/m0/s1. The molecule has 0 radical (unpaired) electrons. The number of hydrogen-bond acceptors (Lipinski definition) is 4. The molecule has 0 aromatic carbocycles. The Kier molecular flexibility index (Phi) is 4.05. The van der Waals surface area contributed by atoms with Gasteiger partial charge < -0.3 is 14.7 Å². The molecule has 0 unspecified atom stereocenters. The lowest BCUT2D eigenvalue weighted by atomic mass is 10.1. The molecule has 2 saturated heterocycles. The van der Waals surface area contributed by atoms with Crippen molar-refractivity contribution in [2.45, 2.75) is 50.3 Å². The van der Waals surface area contributed by atoms with E-state index in [1.54, 1.807) is 0 Å². The highest BCUT2D eigenvalue weighted by molar-refractivity contribution is 5.82. The second-order valence-corrected chi connectivity index (χ2v) is 5.99. The lowest BCUT2D eigenvalue weighted by Gasteiger charge is -2.40. The van der Waals surface area contributed by atoms with Crippen molar-refractivity contribution in [3.8, 4) is 0 Å². The minimum absolute atomic E-state index is 0.123. The number of morpholine rings is 1. The van der Waals surface area contributed by atoms with E-state index in [9.17, 15) is 9.90 Å². The fourth-order valence-corrected chi connectivity index (χ4v) is 3.66. The number of ether oxygens (including phenoxy) is 1. The maximum Gasteiger partial charge on any atom is 0.242 e. The number of β-amino-alcohol motifs (C(OH)–C–C–N with tert-alkyl or cyclic N) is 1. The molecule has 1 aliphatic carbocycles. The molecule has 3 aliphatic rings. The maximum atomic E-state index is 12.6. The summed E-state index contributed by atoms with van der Waals surface area (Å²) >= 11 is 0. The van der Waals surface area contributed by atoms with E-state index in [2.05, 4.69) is 4.90 Å². The van der Waals surface area contributed by atoms with Crippen LogP contribution in [0.3, 0.4) is 0 Å². The second-order valence-electron chi connectivity index (χ2n) is 5.99. The molecule has 2 atom stereocenters. The van der Waals surface area contributed by atoms with E-state index in [4.69, 9.17) is 4.74 Å². The normalized spacial score (nSPS) is 34.1. The second kappa shape index (κ2) is 5.77. The fraction of sp³-hybridized carbons (Fsp3) is 0.929. The molecule has 5 nitrogen and oxygen atoms in total. The van der Waals surface area contributed by atoms with Crippen molar-refractivity contribution in [2.75, 3.05) is 32.8 Å². The van der Waals surface area contributed by atoms with Gasteiger partial charge in [0.25, 0.3) is 0 Å². The molecule has 1 saturated carbocycles. The van der Waals surface area contributed by atoms with Crippen LogP contribution in [0.1, 0.15) is 32.1 Å². The zero-order valence-electron chi connectivity index (χ0n) is 11.5. The summed E-state index contributed by atoms with van der Waals surface area (Å²) in [5.41, 5.74) is 0. The number of hydrogen-bond donors (Lipinski definition) is 1. The van der Waals surface area contributed by atoms with Gasteiger partial charge in [-0.05, 0) is 19.3 Å². The molecule has 0 bridgehead atoms. The highest BCUT2D eigenvalue weighted by Crippen LogP contribution is 2.27. The third kappa shape index (κ3) is 2.78. The van der Waals surface area contributed by atoms with Gasteiger partial charge >= 0.3 is 0 Å². The Hall–Kier alpha value is -0.650. The first kappa shape index (κ1) is 13.3. The lowest BCUT2D eigenvalue weighted by Crippen LogP contribution is -2.57. The first-order chi connectivity index (χ1) is 9.25. The van der Waals surface area contributed by atoms with E-state index >= 15 is 0 Å². The van der Waals surface area contributed by atoms with Crippen LogP contribution >= 0.6 is 0 Å². The Bertz CT molecular complexity index is 331. The predicted molar refractivity (Wildman–Crippen MR) is 70.8 cm³/mol. The summed E-state index contributed by atoms with van der Waals surface area (Å²) in [7, 11) is 0. The molecule has 0 aromatic rings. The Balaban J connectivity index is 1.67. The Labute approximate surface area is 114 Å². The van der Waals surface area contributed by atoms with Gasteiger partial charge in [-0.25, -0.2) is 0 Å². The maximum absolute atomic E-state index is 12.6. The summed E-state index contributed by atoms with van der Waals surface area (Å²) in [5.74, 6) is 0.156. The molecule has 2 aliphatic heterocycles. The number of rotatable bonds is 2. The van der Waals surface area contributed by atoms with Gasteiger partial charge in [0.15, 0.2) is 0 Å². The predicted octanol–water partition coefficient (Wildman–Crippen LogP) is 0.223. The zero-order chi connectivity index (χ0) is 13.2. The van der Waals surface area contributed by atoms with Crippen molar-refractivity contribution in [1.29, 1.82) is 0 Å². The van der Waals surface area contributed by atoms with Crippen LogP contribution < -0.4 is 0 Å². The number of nitrogens with zero attached hydrogens (tertiary/aromatic N) is 2. The van der Waals surface area contributed by atoms with Gasteiger partial charge in [0.1, 0.15) is 6.04 Å². The minimum atomic E-state index is -0.339. The number of amides is 1. The van der Waals surface area contributed by atoms with E-state index < -0.39 is 0 Å². The summed E-state index contributed by atoms with van der Waals surface area (Å²) in [4.78, 5) is 16.8. The zero-order valence-corrected chi connectivity index (χ0v) is 11.5. The first-order valence-corrected chi connectivity index (χ1v) is 7.56. The molecule has 1 N–H and O–H groups in total. The number of carbonyl (C=O) groups is 1. The molecule has 0 aromatic heterocycles. The van der Waals surface area contributed by atoms with E-state index in [1.807, 2.05) is 4.90 Å². The van der Waals surface area contributed by atoms with Gasteiger partial charge in [0.05, 0.1) is 19.3 Å². The summed E-state index contributed by atoms with van der Waals surface area (Å²) in [6.45, 7) is 3.31. The van der Waals surface area contributed by atoms with Crippen molar-refractivity contribution in [2.24, 2.45) is 0 Å². The number of carbonyl (C=O) groups excluding carboxylic acids is 1. The van der Waals surface area contributed by atoms with E-state index in [-0.39, 0.29) is 18.1 Å². The quantitative estimate of drug-likeness (QED) is 0.778. The van der Waals surface area contributed by atoms with Crippen LogP contribution in [0.5, 0.6) is 0 Å². The van der Waals surface area contributed by atoms with Crippen molar-refractivity contribution in [3.05, 3.63) is 0 Å². The van der Waals surface area contributed by atoms with Crippen molar-refractivity contribution >= 4 is 5.91 Å². The summed E-state index contributed by atoms with van der Waals surface area (Å²) < 4.78 is 5.53. The molecule has 5 heteroatoms. The largest absolute Gasteiger partial charge is 0.391 e. The molecular weight excluding hydrogens is 244 g/mol. The van der Waals surface area contributed by atoms with Gasteiger partial charge in [0.2, 0.25) is 5.91 Å². The van der Waals surface area contributed by atoms with Crippen LogP contribution in [-0.4, -0.2) is 71.8 Å². The van der Waals surface area contributed by atoms with Gasteiger partial charge in [-0.1, -0.05) is 12.8 Å². The van der Waals surface area contributed by atoms with Gasteiger partial charge in [-0.3, -0.25) is 9.69 Å². The minimum Gasteiger partial charge on any atom is -0.391 e. The third-order valence-corrected chi connectivity index (χ3v) is 4.72. The topological polar surface area (TPSA) is 53.0 Å². The van der Waals surface area contributed by atoms with E-state index in [0.29, 0.717) is 32.2 Å². The van der Waals surface area contributed by atoms with Crippen LogP contribution in [-0.2, 0) is 9.53 Å². The average molecular weight is 268 g/mol. The summed E-state index contributed by atoms with van der Waals surface area (Å²) in [6, 6.07) is 0.438.